The Hall–Kier alpha value is -2.36. The summed E-state index contributed by atoms with van der Waals surface area (Å²) in [6.45, 7) is 12.7. The minimum atomic E-state index is 0.0618. The largest absolute Gasteiger partial charge is 0.341 e. The molecule has 0 bridgehead atoms. The van der Waals surface area contributed by atoms with Gasteiger partial charge in [0.05, 0.1) is 0 Å². The zero-order chi connectivity index (χ0) is 38.6. The Balaban J connectivity index is 1.46. The van der Waals surface area contributed by atoms with Crippen molar-refractivity contribution in [1.82, 2.24) is 4.57 Å². The van der Waals surface area contributed by atoms with E-state index in [4.69, 9.17) is 0 Å². The summed E-state index contributed by atoms with van der Waals surface area (Å²) in [5, 5.41) is 2.94. The molecule has 0 amide bonds. The van der Waals surface area contributed by atoms with Crippen molar-refractivity contribution >= 4 is 53.7 Å². The second kappa shape index (κ2) is 18.1. The van der Waals surface area contributed by atoms with Crippen LogP contribution in [-0.4, -0.2) is 4.57 Å². The third-order valence-electron chi connectivity index (χ3n) is 13.9. The van der Waals surface area contributed by atoms with Crippen LogP contribution in [0.3, 0.4) is 0 Å². The third-order valence-corrected chi connectivity index (χ3v) is 14.9. The molecule has 0 N–H and O–H groups in total. The van der Waals surface area contributed by atoms with Gasteiger partial charge in [0.15, 0.2) is 0 Å². The van der Waals surface area contributed by atoms with Gasteiger partial charge in [-0.2, -0.15) is 0 Å². The number of fused-ring (bicyclic) bond motifs is 9. The lowest BCUT2D eigenvalue weighted by Crippen LogP contribution is -2.25. The standard InChI is InChI=1S/C52H67Br2N/c1-6-11-15-19-27-51(28-20-16-12-7-2)45-31-37(53)23-25-39(45)41-35-49-43(33-47(41)51)44-34-48-42(36-50(44)55(49)10-5)40-26-24-38(54)32-46(40)52(48,29-21-17-13-8-3)30-22-18-14-9-4/h23-26,31-36H,6-22,27-30H2,1-5H3. The second-order valence-electron chi connectivity index (χ2n) is 17.4. The first-order valence-corrected chi connectivity index (χ1v) is 24.2. The molecular weight excluding hydrogens is 798 g/mol. The Labute approximate surface area is 350 Å². The topological polar surface area (TPSA) is 4.93 Å². The fourth-order valence-electron chi connectivity index (χ4n) is 11.1. The predicted molar refractivity (Wildman–Crippen MR) is 248 cm³/mol. The molecule has 2 aliphatic carbocycles. The van der Waals surface area contributed by atoms with Crippen LogP contribution in [0.5, 0.6) is 0 Å². The Morgan fingerprint density at radius 3 is 1.07 bits per heavy atom. The molecule has 0 spiro atoms. The Morgan fingerprint density at radius 1 is 0.400 bits per heavy atom. The summed E-state index contributed by atoms with van der Waals surface area (Å²) in [5.74, 6) is 0. The van der Waals surface area contributed by atoms with Crippen LogP contribution in [0.25, 0.3) is 44.1 Å². The number of halogens is 2. The fourth-order valence-corrected chi connectivity index (χ4v) is 11.8. The molecule has 4 aromatic carbocycles. The molecule has 0 aliphatic heterocycles. The van der Waals surface area contributed by atoms with Gasteiger partial charge in [-0.15, -0.1) is 0 Å². The van der Waals surface area contributed by atoms with Crippen LogP contribution in [0, 0.1) is 0 Å². The van der Waals surface area contributed by atoms with Crippen LogP contribution in [0.4, 0.5) is 0 Å². The van der Waals surface area contributed by atoms with Gasteiger partial charge in [-0.05, 0) is 126 Å². The second-order valence-corrected chi connectivity index (χ2v) is 19.2. The van der Waals surface area contributed by atoms with Crippen molar-refractivity contribution in [3.8, 4) is 22.3 Å². The molecule has 3 heteroatoms. The SMILES string of the molecule is CCCCCCC1(CCCCCC)c2cc(Br)ccc2-c2cc3c(cc21)c1cc2c(cc1n3CC)-c1ccc(Br)cc1C2(CCCCCC)CCCCCC. The Morgan fingerprint density at radius 2 is 0.745 bits per heavy atom. The van der Waals surface area contributed by atoms with Crippen LogP contribution < -0.4 is 0 Å². The number of nitrogens with zero attached hydrogens (tertiary/aromatic N) is 1. The number of rotatable bonds is 21. The number of hydrogen-bond acceptors (Lipinski definition) is 0. The van der Waals surface area contributed by atoms with Gasteiger partial charge in [0, 0.05) is 48.1 Å². The van der Waals surface area contributed by atoms with Crippen LogP contribution in [0.2, 0.25) is 0 Å². The third kappa shape index (κ3) is 7.57. The van der Waals surface area contributed by atoms with Gasteiger partial charge in [-0.3, -0.25) is 0 Å². The summed E-state index contributed by atoms with van der Waals surface area (Å²) in [5.41, 5.74) is 15.2. The Bertz CT molecular complexity index is 1930. The van der Waals surface area contributed by atoms with E-state index in [0.29, 0.717) is 0 Å². The summed E-state index contributed by atoms with van der Waals surface area (Å²) in [4.78, 5) is 0. The van der Waals surface area contributed by atoms with Gasteiger partial charge in [0.1, 0.15) is 0 Å². The van der Waals surface area contributed by atoms with E-state index in [0.717, 1.165) is 6.54 Å². The number of aromatic nitrogens is 1. The molecule has 55 heavy (non-hydrogen) atoms. The smallest absolute Gasteiger partial charge is 0.0497 e. The van der Waals surface area contributed by atoms with Crippen molar-refractivity contribution in [3.63, 3.8) is 0 Å². The predicted octanol–water partition coefficient (Wildman–Crippen LogP) is 17.8. The summed E-state index contributed by atoms with van der Waals surface area (Å²) in [7, 11) is 0. The lowest BCUT2D eigenvalue weighted by molar-refractivity contribution is 0.401. The first kappa shape index (κ1) is 40.8. The molecule has 0 radical (unpaired) electrons. The van der Waals surface area contributed by atoms with Gasteiger partial charge < -0.3 is 4.57 Å². The first-order valence-electron chi connectivity index (χ1n) is 22.6. The van der Waals surface area contributed by atoms with Crippen molar-refractivity contribution in [2.24, 2.45) is 0 Å². The highest BCUT2D eigenvalue weighted by molar-refractivity contribution is 9.10. The maximum atomic E-state index is 3.94. The Kier molecular flexibility index (Phi) is 13.4. The van der Waals surface area contributed by atoms with E-state index in [1.807, 2.05) is 0 Å². The van der Waals surface area contributed by atoms with E-state index < -0.39 is 0 Å². The first-order chi connectivity index (χ1) is 26.9. The summed E-state index contributed by atoms with van der Waals surface area (Å²) >= 11 is 7.88. The van der Waals surface area contributed by atoms with E-state index in [9.17, 15) is 0 Å². The highest BCUT2D eigenvalue weighted by Gasteiger charge is 2.45. The van der Waals surface area contributed by atoms with Crippen molar-refractivity contribution in [3.05, 3.63) is 91.9 Å². The number of benzene rings is 4. The lowest BCUT2D eigenvalue weighted by Gasteiger charge is -2.33. The maximum Gasteiger partial charge on any atom is 0.0497 e. The minimum Gasteiger partial charge on any atom is -0.341 e. The molecule has 5 aromatic rings. The molecule has 1 nitrogen and oxygen atoms in total. The van der Waals surface area contributed by atoms with E-state index in [-0.39, 0.29) is 10.8 Å². The van der Waals surface area contributed by atoms with E-state index in [2.05, 4.69) is 132 Å². The average molecular weight is 866 g/mol. The molecule has 1 aromatic heterocycles. The fraction of sp³-hybridized carbons (Fsp3) is 0.538. The van der Waals surface area contributed by atoms with E-state index >= 15 is 0 Å². The van der Waals surface area contributed by atoms with Crippen LogP contribution in [0.15, 0.2) is 69.6 Å². The van der Waals surface area contributed by atoms with Gasteiger partial charge in [-0.1, -0.05) is 174 Å². The summed E-state index contributed by atoms with van der Waals surface area (Å²) in [6.07, 6.45) is 25.9. The highest BCUT2D eigenvalue weighted by Crippen LogP contribution is 2.59. The normalized spacial score (nSPS) is 14.8. The quantitative estimate of drug-likeness (QED) is 0.0648. The van der Waals surface area contributed by atoms with E-state index in [1.165, 1.54) is 181 Å². The summed E-state index contributed by atoms with van der Waals surface area (Å²) in [6, 6.07) is 25.1. The monoisotopic (exact) mass is 863 g/mol. The van der Waals surface area contributed by atoms with Gasteiger partial charge in [0.25, 0.3) is 0 Å². The van der Waals surface area contributed by atoms with Crippen LogP contribution in [-0.2, 0) is 17.4 Å². The molecule has 1 heterocycles. The van der Waals surface area contributed by atoms with Crippen molar-refractivity contribution in [1.29, 1.82) is 0 Å². The summed E-state index contributed by atoms with van der Waals surface area (Å²) < 4.78 is 5.08. The zero-order valence-corrected chi connectivity index (χ0v) is 38.0. The van der Waals surface area contributed by atoms with Crippen LogP contribution in [0.1, 0.15) is 185 Å². The lowest BCUT2D eigenvalue weighted by atomic mass is 9.70. The van der Waals surface area contributed by atoms with Gasteiger partial charge in [-0.25, -0.2) is 0 Å². The molecule has 0 saturated heterocycles. The molecule has 0 fully saturated rings. The van der Waals surface area contributed by atoms with Gasteiger partial charge >= 0.3 is 0 Å². The number of aryl methyl sites for hydroxylation is 1. The molecule has 294 valence electrons. The van der Waals surface area contributed by atoms with Crippen LogP contribution >= 0.6 is 31.9 Å². The molecule has 2 aliphatic rings. The van der Waals surface area contributed by atoms with E-state index in [1.54, 1.807) is 22.3 Å². The molecule has 0 atom stereocenters. The maximum absolute atomic E-state index is 3.94. The van der Waals surface area contributed by atoms with Crippen molar-refractivity contribution in [2.75, 3.05) is 0 Å². The van der Waals surface area contributed by atoms with Crippen molar-refractivity contribution < 1.29 is 0 Å². The molecule has 0 unspecified atom stereocenters. The number of unbranched alkanes of at least 4 members (excludes halogenated alkanes) is 12. The minimum absolute atomic E-state index is 0.0618. The highest BCUT2D eigenvalue weighted by atomic mass is 79.9. The van der Waals surface area contributed by atoms with Crippen molar-refractivity contribution in [2.45, 2.75) is 180 Å². The molecular formula is C52H67Br2N. The molecule has 7 rings (SSSR count). The zero-order valence-electron chi connectivity index (χ0n) is 34.8. The average Bonchev–Trinajstić information content (AvgIpc) is 3.74. The number of hydrogen-bond donors (Lipinski definition) is 0. The van der Waals surface area contributed by atoms with Gasteiger partial charge in [0.2, 0.25) is 0 Å². The molecule has 0 saturated carbocycles.